The molecule has 2 aromatic carbocycles. The molecule has 2 N–H and O–H groups in total. The van der Waals surface area contributed by atoms with Gasteiger partial charge >= 0.3 is 6.18 Å². The Balaban J connectivity index is 1.58. The average Bonchev–Trinajstić information content (AvgIpc) is 2.61. The van der Waals surface area contributed by atoms with E-state index in [0.29, 0.717) is 49.5 Å². The van der Waals surface area contributed by atoms with Crippen LogP contribution in [-0.2, 0) is 12.7 Å². The third-order valence-corrected chi connectivity index (χ3v) is 4.45. The van der Waals surface area contributed by atoms with Crippen molar-refractivity contribution in [3.05, 3.63) is 65.2 Å². The van der Waals surface area contributed by atoms with E-state index in [2.05, 4.69) is 4.90 Å². The summed E-state index contributed by atoms with van der Waals surface area (Å²) in [7, 11) is 0. The van der Waals surface area contributed by atoms with Crippen molar-refractivity contribution < 1.29 is 18.0 Å². The van der Waals surface area contributed by atoms with Crippen molar-refractivity contribution in [3.8, 4) is 0 Å². The number of hydrogen-bond donors (Lipinski definition) is 1. The highest BCUT2D eigenvalue weighted by molar-refractivity contribution is 5.95. The predicted molar refractivity (Wildman–Crippen MR) is 93.5 cm³/mol. The molecule has 1 aliphatic rings. The van der Waals surface area contributed by atoms with Gasteiger partial charge in [0.25, 0.3) is 5.91 Å². The Hall–Kier alpha value is -2.54. The summed E-state index contributed by atoms with van der Waals surface area (Å²) in [4.78, 5) is 16.3. The van der Waals surface area contributed by atoms with E-state index in [4.69, 9.17) is 5.73 Å². The van der Waals surface area contributed by atoms with Crippen LogP contribution in [0.4, 0.5) is 18.9 Å². The lowest BCUT2D eigenvalue weighted by molar-refractivity contribution is -0.137. The van der Waals surface area contributed by atoms with Gasteiger partial charge in [-0.15, -0.1) is 0 Å². The first kappa shape index (κ1) is 18.3. The second kappa shape index (κ2) is 7.37. The molecule has 2 aromatic rings. The van der Waals surface area contributed by atoms with Crippen LogP contribution in [0.25, 0.3) is 0 Å². The highest BCUT2D eigenvalue weighted by atomic mass is 19.4. The number of amides is 1. The minimum atomic E-state index is -4.33. The summed E-state index contributed by atoms with van der Waals surface area (Å²) >= 11 is 0. The zero-order valence-electron chi connectivity index (χ0n) is 14.2. The van der Waals surface area contributed by atoms with Crippen LogP contribution >= 0.6 is 0 Å². The summed E-state index contributed by atoms with van der Waals surface area (Å²) < 4.78 is 38.4. The average molecular weight is 363 g/mol. The number of rotatable bonds is 3. The van der Waals surface area contributed by atoms with E-state index in [0.717, 1.165) is 6.07 Å². The molecule has 0 bridgehead atoms. The Bertz CT molecular complexity index is 784. The smallest absolute Gasteiger partial charge is 0.399 e. The van der Waals surface area contributed by atoms with Gasteiger partial charge < -0.3 is 10.6 Å². The van der Waals surface area contributed by atoms with Crippen molar-refractivity contribution >= 4 is 11.6 Å². The maximum absolute atomic E-state index is 12.8. The molecule has 138 valence electrons. The second-order valence-corrected chi connectivity index (χ2v) is 6.39. The largest absolute Gasteiger partial charge is 0.416 e. The molecular formula is C19H20F3N3O. The number of nitrogens with two attached hydrogens (primary N) is 1. The van der Waals surface area contributed by atoms with Crippen molar-refractivity contribution in [1.82, 2.24) is 9.80 Å². The fourth-order valence-electron chi connectivity index (χ4n) is 3.07. The van der Waals surface area contributed by atoms with Gasteiger partial charge in [-0.1, -0.05) is 24.3 Å². The highest BCUT2D eigenvalue weighted by Gasteiger charge is 2.30. The Morgan fingerprint density at radius 3 is 2.35 bits per heavy atom. The third kappa shape index (κ3) is 4.35. The van der Waals surface area contributed by atoms with Crippen molar-refractivity contribution in [2.45, 2.75) is 12.7 Å². The molecule has 1 saturated heterocycles. The molecule has 1 aliphatic heterocycles. The van der Waals surface area contributed by atoms with Gasteiger partial charge in [0.1, 0.15) is 0 Å². The number of piperazine rings is 1. The monoisotopic (exact) mass is 363 g/mol. The van der Waals surface area contributed by atoms with E-state index in [9.17, 15) is 18.0 Å². The normalized spacial score (nSPS) is 15.9. The van der Waals surface area contributed by atoms with Crippen molar-refractivity contribution in [1.29, 1.82) is 0 Å². The fourth-order valence-corrected chi connectivity index (χ4v) is 3.07. The summed E-state index contributed by atoms with van der Waals surface area (Å²) in [5.41, 5.74) is 6.80. The number of nitrogen functional groups attached to an aromatic ring is 1. The van der Waals surface area contributed by atoms with Crippen molar-refractivity contribution in [2.75, 3.05) is 31.9 Å². The lowest BCUT2D eigenvalue weighted by Gasteiger charge is -2.35. The van der Waals surface area contributed by atoms with Gasteiger partial charge in [-0.25, -0.2) is 0 Å². The topological polar surface area (TPSA) is 49.6 Å². The molecule has 0 atom stereocenters. The van der Waals surface area contributed by atoms with Crippen LogP contribution in [-0.4, -0.2) is 41.9 Å². The van der Waals surface area contributed by atoms with E-state index in [1.54, 1.807) is 35.2 Å². The van der Waals surface area contributed by atoms with Crippen LogP contribution in [0.5, 0.6) is 0 Å². The SMILES string of the molecule is Nc1cccc(C(=O)N2CCN(Cc3cccc(C(F)(F)F)c3)CC2)c1. The first-order valence-corrected chi connectivity index (χ1v) is 8.36. The van der Waals surface area contributed by atoms with Gasteiger partial charge in [-0.3, -0.25) is 9.69 Å². The summed E-state index contributed by atoms with van der Waals surface area (Å²) in [6.07, 6.45) is -4.33. The molecule has 0 aromatic heterocycles. The number of carbonyl (C=O) groups excluding carboxylic acids is 1. The van der Waals surface area contributed by atoms with Crippen LogP contribution in [0, 0.1) is 0 Å². The van der Waals surface area contributed by atoms with Gasteiger partial charge in [0, 0.05) is 44.0 Å². The Kier molecular flexibility index (Phi) is 5.18. The molecule has 0 radical (unpaired) electrons. The number of anilines is 1. The zero-order valence-corrected chi connectivity index (χ0v) is 14.2. The van der Waals surface area contributed by atoms with Crippen LogP contribution in [0.15, 0.2) is 48.5 Å². The molecule has 1 heterocycles. The van der Waals surface area contributed by atoms with Crippen molar-refractivity contribution in [3.63, 3.8) is 0 Å². The summed E-state index contributed by atoms with van der Waals surface area (Å²) in [6.45, 7) is 2.73. The number of halogens is 3. The number of alkyl halides is 3. The Morgan fingerprint density at radius 1 is 1.00 bits per heavy atom. The molecule has 0 saturated carbocycles. The minimum absolute atomic E-state index is 0.0731. The third-order valence-electron chi connectivity index (χ3n) is 4.45. The first-order chi connectivity index (χ1) is 12.3. The fraction of sp³-hybridized carbons (Fsp3) is 0.316. The zero-order chi connectivity index (χ0) is 18.7. The second-order valence-electron chi connectivity index (χ2n) is 6.39. The van der Waals surface area contributed by atoms with Crippen LogP contribution in [0.1, 0.15) is 21.5 Å². The predicted octanol–water partition coefficient (Wildman–Crippen LogP) is 3.25. The van der Waals surface area contributed by atoms with E-state index < -0.39 is 11.7 Å². The molecule has 26 heavy (non-hydrogen) atoms. The van der Waals surface area contributed by atoms with Gasteiger partial charge in [-0.05, 0) is 29.8 Å². The number of hydrogen-bond acceptors (Lipinski definition) is 3. The van der Waals surface area contributed by atoms with Gasteiger partial charge in [0.05, 0.1) is 5.56 Å². The lowest BCUT2D eigenvalue weighted by atomic mass is 10.1. The standard InChI is InChI=1S/C19H20F3N3O/c20-19(21,22)16-5-1-3-14(11-16)13-24-7-9-25(10-8-24)18(26)15-4-2-6-17(23)12-15/h1-6,11-12H,7-10,13,23H2. The van der Waals surface area contributed by atoms with Crippen molar-refractivity contribution in [2.24, 2.45) is 0 Å². The number of benzene rings is 2. The number of nitrogens with zero attached hydrogens (tertiary/aromatic N) is 2. The van der Waals surface area contributed by atoms with E-state index >= 15 is 0 Å². The molecule has 0 aliphatic carbocycles. The molecule has 0 unspecified atom stereocenters. The van der Waals surface area contributed by atoms with E-state index in [1.807, 2.05) is 0 Å². The maximum Gasteiger partial charge on any atom is 0.416 e. The molecule has 0 spiro atoms. The molecule has 3 rings (SSSR count). The van der Waals surface area contributed by atoms with Crippen LogP contribution in [0.3, 0.4) is 0 Å². The summed E-state index contributed by atoms with van der Waals surface area (Å²) in [5, 5.41) is 0. The van der Waals surface area contributed by atoms with Gasteiger partial charge in [0.15, 0.2) is 0 Å². The first-order valence-electron chi connectivity index (χ1n) is 8.36. The van der Waals surface area contributed by atoms with E-state index in [1.165, 1.54) is 12.1 Å². The minimum Gasteiger partial charge on any atom is -0.399 e. The Morgan fingerprint density at radius 2 is 1.69 bits per heavy atom. The number of carbonyl (C=O) groups is 1. The van der Waals surface area contributed by atoms with Crippen LogP contribution < -0.4 is 5.73 Å². The quantitative estimate of drug-likeness (QED) is 0.852. The van der Waals surface area contributed by atoms with Gasteiger partial charge in [0.2, 0.25) is 0 Å². The van der Waals surface area contributed by atoms with E-state index in [-0.39, 0.29) is 5.91 Å². The molecular weight excluding hydrogens is 343 g/mol. The molecule has 7 heteroatoms. The summed E-state index contributed by atoms with van der Waals surface area (Å²) in [6, 6.07) is 12.2. The maximum atomic E-state index is 12.8. The highest BCUT2D eigenvalue weighted by Crippen LogP contribution is 2.29. The molecule has 4 nitrogen and oxygen atoms in total. The lowest BCUT2D eigenvalue weighted by Crippen LogP contribution is -2.48. The molecule has 1 fully saturated rings. The Labute approximate surface area is 150 Å². The summed E-state index contributed by atoms with van der Waals surface area (Å²) in [5.74, 6) is -0.0731. The van der Waals surface area contributed by atoms with Gasteiger partial charge in [-0.2, -0.15) is 13.2 Å². The molecule has 1 amide bonds. The van der Waals surface area contributed by atoms with Crippen LogP contribution in [0.2, 0.25) is 0 Å².